The summed E-state index contributed by atoms with van der Waals surface area (Å²) in [5, 5.41) is 0. The second-order valence-corrected chi connectivity index (χ2v) is 8.01. The minimum absolute atomic E-state index is 0.194. The van der Waals surface area contributed by atoms with Crippen molar-refractivity contribution in [3.8, 4) is 0 Å². The van der Waals surface area contributed by atoms with Gasteiger partial charge in [-0.05, 0) is 59.8 Å². The van der Waals surface area contributed by atoms with Crippen LogP contribution in [0.15, 0.2) is 34.9 Å². The van der Waals surface area contributed by atoms with Gasteiger partial charge < -0.3 is 9.79 Å². The van der Waals surface area contributed by atoms with Gasteiger partial charge in [0, 0.05) is 6.42 Å². The molecule has 0 amide bonds. The number of Topliss-reactive ketones (excluding diaryl/α,β-unsaturated/α-hetero) is 1. The number of carbonyl (C=O) groups is 1. The van der Waals surface area contributed by atoms with Crippen LogP contribution in [-0.2, 0) is 9.36 Å². The molecule has 0 atom stereocenters. The van der Waals surface area contributed by atoms with Gasteiger partial charge in [-0.2, -0.15) is 0 Å². The molecule has 23 heavy (non-hydrogen) atoms. The van der Waals surface area contributed by atoms with E-state index >= 15 is 0 Å². The molecule has 0 radical (unpaired) electrons. The zero-order chi connectivity index (χ0) is 17.9. The maximum Gasteiger partial charge on any atom is 0.332 e. The van der Waals surface area contributed by atoms with E-state index < -0.39 is 13.8 Å². The van der Waals surface area contributed by atoms with Crippen molar-refractivity contribution in [3.63, 3.8) is 0 Å². The molecule has 0 aliphatic rings. The molecule has 0 heterocycles. The molecule has 0 unspecified atom stereocenters. The van der Waals surface area contributed by atoms with Crippen LogP contribution in [-0.4, -0.2) is 21.7 Å². The molecule has 0 saturated heterocycles. The van der Waals surface area contributed by atoms with Crippen LogP contribution < -0.4 is 0 Å². The standard InChI is InChI=1S/C18H31O4P/c1-15(2)8-5-9-16(3)10-6-11-17(4)12-7-13-18(19)14-23(20,21)22/h8,10,12H,5-7,9,11,13-14H2,1-4H3,(H2,20,21,22). The number of carbonyl (C=O) groups excluding carboxylic acids is 1. The molecule has 132 valence electrons. The van der Waals surface area contributed by atoms with Crippen molar-refractivity contribution in [2.75, 3.05) is 6.16 Å². The van der Waals surface area contributed by atoms with E-state index in [4.69, 9.17) is 9.79 Å². The maximum atomic E-state index is 11.4. The molecule has 5 heteroatoms. The van der Waals surface area contributed by atoms with E-state index in [0.29, 0.717) is 6.42 Å². The molecular formula is C18H31O4P. The van der Waals surface area contributed by atoms with Crippen molar-refractivity contribution in [2.24, 2.45) is 0 Å². The lowest BCUT2D eigenvalue weighted by Crippen LogP contribution is -2.04. The highest BCUT2D eigenvalue weighted by atomic mass is 31.2. The van der Waals surface area contributed by atoms with Crippen molar-refractivity contribution in [3.05, 3.63) is 34.9 Å². The molecule has 0 rings (SSSR count). The summed E-state index contributed by atoms with van der Waals surface area (Å²) in [6.45, 7) is 8.40. The first-order valence-electron chi connectivity index (χ1n) is 8.11. The maximum absolute atomic E-state index is 11.4. The molecule has 0 aromatic heterocycles. The van der Waals surface area contributed by atoms with E-state index in [1.807, 2.05) is 13.0 Å². The topological polar surface area (TPSA) is 74.6 Å². The van der Waals surface area contributed by atoms with Gasteiger partial charge >= 0.3 is 7.60 Å². The molecule has 0 fully saturated rings. The third-order valence-corrected chi connectivity index (χ3v) is 4.19. The van der Waals surface area contributed by atoms with Gasteiger partial charge in [0.15, 0.2) is 0 Å². The quantitative estimate of drug-likeness (QED) is 0.412. The average Bonchev–Trinajstić information content (AvgIpc) is 2.35. The minimum Gasteiger partial charge on any atom is -0.324 e. The summed E-state index contributed by atoms with van der Waals surface area (Å²) >= 11 is 0. The van der Waals surface area contributed by atoms with Crippen LogP contribution in [0.2, 0.25) is 0 Å². The Morgan fingerprint density at radius 3 is 1.70 bits per heavy atom. The van der Waals surface area contributed by atoms with Crippen molar-refractivity contribution >= 4 is 13.4 Å². The predicted octanol–water partition coefficient (Wildman–Crippen LogP) is 4.93. The fourth-order valence-corrected chi connectivity index (χ4v) is 2.74. The van der Waals surface area contributed by atoms with Gasteiger partial charge in [0.2, 0.25) is 0 Å². The molecule has 0 aliphatic carbocycles. The lowest BCUT2D eigenvalue weighted by molar-refractivity contribution is -0.116. The van der Waals surface area contributed by atoms with Crippen LogP contribution in [0.3, 0.4) is 0 Å². The summed E-state index contributed by atoms with van der Waals surface area (Å²) in [6, 6.07) is 0. The summed E-state index contributed by atoms with van der Waals surface area (Å²) < 4.78 is 10.7. The van der Waals surface area contributed by atoms with Crippen LogP contribution in [0.4, 0.5) is 0 Å². The van der Waals surface area contributed by atoms with Gasteiger partial charge in [-0.25, -0.2) is 0 Å². The van der Waals surface area contributed by atoms with Crippen LogP contribution in [0.25, 0.3) is 0 Å². The first kappa shape index (κ1) is 22.0. The zero-order valence-electron chi connectivity index (χ0n) is 14.8. The molecule has 4 nitrogen and oxygen atoms in total. The Kier molecular flexibility index (Phi) is 11.1. The van der Waals surface area contributed by atoms with Crippen molar-refractivity contribution in [2.45, 2.75) is 66.2 Å². The van der Waals surface area contributed by atoms with Crippen LogP contribution in [0.1, 0.15) is 66.2 Å². The van der Waals surface area contributed by atoms with E-state index in [0.717, 1.165) is 25.7 Å². The van der Waals surface area contributed by atoms with Crippen molar-refractivity contribution in [1.82, 2.24) is 0 Å². The lowest BCUT2D eigenvalue weighted by Gasteiger charge is -2.03. The Morgan fingerprint density at radius 2 is 1.26 bits per heavy atom. The smallest absolute Gasteiger partial charge is 0.324 e. The van der Waals surface area contributed by atoms with Crippen LogP contribution in [0.5, 0.6) is 0 Å². The Labute approximate surface area is 140 Å². The normalized spacial score (nSPS) is 13.1. The van der Waals surface area contributed by atoms with Gasteiger partial charge in [0.25, 0.3) is 0 Å². The Hall–Kier alpha value is -0.960. The van der Waals surface area contributed by atoms with Gasteiger partial charge in [0.1, 0.15) is 11.9 Å². The zero-order valence-corrected chi connectivity index (χ0v) is 15.7. The fourth-order valence-electron chi connectivity index (χ4n) is 2.13. The highest BCUT2D eigenvalue weighted by molar-refractivity contribution is 7.52. The molecule has 0 bridgehead atoms. The highest BCUT2D eigenvalue weighted by Crippen LogP contribution is 2.34. The number of ketones is 1. The third-order valence-electron chi connectivity index (χ3n) is 3.42. The number of rotatable bonds is 11. The Bertz CT molecular complexity index is 505. The van der Waals surface area contributed by atoms with Gasteiger partial charge in [-0.3, -0.25) is 9.36 Å². The van der Waals surface area contributed by atoms with Crippen LogP contribution >= 0.6 is 7.60 Å². The van der Waals surface area contributed by atoms with Crippen molar-refractivity contribution < 1.29 is 19.1 Å². The molecule has 0 saturated carbocycles. The number of hydrogen-bond donors (Lipinski definition) is 2. The molecule has 0 aromatic carbocycles. The van der Waals surface area contributed by atoms with E-state index in [2.05, 4.69) is 32.9 Å². The summed E-state index contributed by atoms with van der Waals surface area (Å²) in [5.41, 5.74) is 3.96. The summed E-state index contributed by atoms with van der Waals surface area (Å²) in [5.74, 6) is -0.377. The molecule has 0 aliphatic heterocycles. The molecule has 0 spiro atoms. The average molecular weight is 342 g/mol. The summed E-state index contributed by atoms with van der Waals surface area (Å²) in [7, 11) is -4.21. The number of hydrogen-bond acceptors (Lipinski definition) is 2. The molecule has 2 N–H and O–H groups in total. The molecular weight excluding hydrogens is 311 g/mol. The largest absolute Gasteiger partial charge is 0.332 e. The third kappa shape index (κ3) is 15.7. The number of allylic oxidation sites excluding steroid dienone is 6. The van der Waals surface area contributed by atoms with E-state index in [9.17, 15) is 9.36 Å². The van der Waals surface area contributed by atoms with Gasteiger partial charge in [-0.15, -0.1) is 0 Å². The van der Waals surface area contributed by atoms with E-state index in [1.165, 1.54) is 16.7 Å². The highest BCUT2D eigenvalue weighted by Gasteiger charge is 2.17. The lowest BCUT2D eigenvalue weighted by atomic mass is 10.1. The monoisotopic (exact) mass is 342 g/mol. The fraction of sp³-hybridized carbons (Fsp3) is 0.611. The predicted molar refractivity (Wildman–Crippen MR) is 96.6 cm³/mol. The van der Waals surface area contributed by atoms with E-state index in [1.54, 1.807) is 0 Å². The summed E-state index contributed by atoms with van der Waals surface area (Å²) in [6.07, 6.45) is 10.7. The first-order valence-corrected chi connectivity index (χ1v) is 9.91. The van der Waals surface area contributed by atoms with Crippen LogP contribution in [0, 0.1) is 0 Å². The first-order chi connectivity index (χ1) is 10.6. The second kappa shape index (κ2) is 11.6. The Balaban J connectivity index is 4.00. The van der Waals surface area contributed by atoms with E-state index in [-0.39, 0.29) is 12.2 Å². The van der Waals surface area contributed by atoms with Gasteiger partial charge in [0.05, 0.1) is 0 Å². The van der Waals surface area contributed by atoms with Gasteiger partial charge in [-0.1, -0.05) is 34.9 Å². The van der Waals surface area contributed by atoms with Crippen molar-refractivity contribution in [1.29, 1.82) is 0 Å². The minimum atomic E-state index is -4.21. The second-order valence-electron chi connectivity index (χ2n) is 6.36. The summed E-state index contributed by atoms with van der Waals surface area (Å²) in [4.78, 5) is 28.8. The SMILES string of the molecule is CC(C)=CCCC(C)=CCCC(C)=CCCC(=O)CP(=O)(O)O. The Morgan fingerprint density at radius 1 is 0.826 bits per heavy atom. The molecule has 0 aromatic rings.